The molecule has 0 bridgehead atoms. The van der Waals surface area contributed by atoms with E-state index in [1.54, 1.807) is 0 Å². The predicted molar refractivity (Wildman–Crippen MR) is 83.1 cm³/mol. The van der Waals surface area contributed by atoms with Gasteiger partial charge in [0.25, 0.3) is 0 Å². The highest BCUT2D eigenvalue weighted by atomic mass is 32.2. The molecule has 0 fully saturated rings. The van der Waals surface area contributed by atoms with E-state index in [9.17, 15) is 0 Å². The third kappa shape index (κ3) is 7.07. The van der Waals surface area contributed by atoms with Crippen molar-refractivity contribution in [1.82, 2.24) is 0 Å². The van der Waals surface area contributed by atoms with E-state index in [2.05, 4.69) is 31.2 Å². The van der Waals surface area contributed by atoms with E-state index >= 15 is 0 Å². The number of hydrogen-bond donors (Lipinski definition) is 1. The molecule has 0 aliphatic carbocycles. The second kappa shape index (κ2) is 10.5. The van der Waals surface area contributed by atoms with Gasteiger partial charge in [-0.2, -0.15) is 0 Å². The second-order valence-corrected chi connectivity index (χ2v) is 5.99. The summed E-state index contributed by atoms with van der Waals surface area (Å²) >= 11 is 1.96. The molecular formula is C16H27NS. The zero-order chi connectivity index (χ0) is 13.1. The molecule has 1 nitrogen and oxygen atoms in total. The quantitative estimate of drug-likeness (QED) is 0.476. The van der Waals surface area contributed by atoms with Crippen LogP contribution < -0.4 is 5.73 Å². The fourth-order valence-electron chi connectivity index (χ4n) is 2.01. The van der Waals surface area contributed by atoms with Crippen LogP contribution in [0.4, 0.5) is 0 Å². The average molecular weight is 265 g/mol. The topological polar surface area (TPSA) is 26.0 Å². The van der Waals surface area contributed by atoms with Gasteiger partial charge in [-0.05, 0) is 29.9 Å². The van der Waals surface area contributed by atoms with Gasteiger partial charge >= 0.3 is 0 Å². The first-order valence-electron chi connectivity index (χ1n) is 7.28. The van der Waals surface area contributed by atoms with Crippen LogP contribution in [0.3, 0.4) is 0 Å². The second-order valence-electron chi connectivity index (χ2n) is 4.82. The molecule has 102 valence electrons. The summed E-state index contributed by atoms with van der Waals surface area (Å²) in [6.45, 7) is 2.91. The smallest absolute Gasteiger partial charge is 0.0178 e. The first-order valence-corrected chi connectivity index (χ1v) is 8.27. The van der Waals surface area contributed by atoms with Gasteiger partial charge in [-0.1, -0.05) is 57.6 Å². The lowest BCUT2D eigenvalue weighted by Crippen LogP contribution is -1.95. The highest BCUT2D eigenvalue weighted by Gasteiger charge is 1.96. The predicted octanol–water partition coefficient (Wildman–Crippen LogP) is 4.99. The highest BCUT2D eigenvalue weighted by molar-refractivity contribution is 7.99. The summed E-state index contributed by atoms with van der Waals surface area (Å²) in [7, 11) is 0. The molecule has 0 saturated heterocycles. The van der Waals surface area contributed by atoms with E-state index < -0.39 is 0 Å². The van der Waals surface area contributed by atoms with Crippen LogP contribution in [0.2, 0.25) is 0 Å². The average Bonchev–Trinajstić information content (AvgIpc) is 2.42. The van der Waals surface area contributed by atoms with Crippen LogP contribution >= 0.6 is 11.8 Å². The lowest BCUT2D eigenvalue weighted by atomic mass is 10.1. The summed E-state index contributed by atoms with van der Waals surface area (Å²) < 4.78 is 0. The van der Waals surface area contributed by atoms with Crippen LogP contribution in [-0.4, -0.2) is 5.75 Å². The molecule has 0 heterocycles. The molecule has 0 aromatic heterocycles. The van der Waals surface area contributed by atoms with Gasteiger partial charge in [0.2, 0.25) is 0 Å². The minimum atomic E-state index is 0.645. The van der Waals surface area contributed by atoms with Gasteiger partial charge < -0.3 is 5.73 Å². The van der Waals surface area contributed by atoms with Gasteiger partial charge in [-0.15, -0.1) is 11.8 Å². The Morgan fingerprint density at radius 2 is 1.72 bits per heavy atom. The Morgan fingerprint density at radius 1 is 1.00 bits per heavy atom. The third-order valence-corrected chi connectivity index (χ3v) is 4.23. The minimum Gasteiger partial charge on any atom is -0.326 e. The maximum atomic E-state index is 5.64. The van der Waals surface area contributed by atoms with Crippen molar-refractivity contribution in [3.8, 4) is 0 Å². The summed E-state index contributed by atoms with van der Waals surface area (Å²) in [5.41, 5.74) is 6.88. The molecule has 1 aromatic carbocycles. The van der Waals surface area contributed by atoms with Crippen molar-refractivity contribution >= 4 is 11.8 Å². The van der Waals surface area contributed by atoms with Crippen molar-refractivity contribution in [2.75, 3.05) is 5.75 Å². The number of thioether (sulfide) groups is 1. The van der Waals surface area contributed by atoms with E-state index in [0.717, 1.165) is 0 Å². The van der Waals surface area contributed by atoms with Crippen molar-refractivity contribution in [3.63, 3.8) is 0 Å². The molecule has 0 aliphatic heterocycles. The number of benzene rings is 1. The van der Waals surface area contributed by atoms with Crippen LogP contribution in [0.15, 0.2) is 29.2 Å². The number of unbranched alkanes of at least 4 members (excludes halogenated alkanes) is 6. The lowest BCUT2D eigenvalue weighted by Gasteiger charge is -2.04. The fourth-order valence-corrected chi connectivity index (χ4v) is 3.01. The lowest BCUT2D eigenvalue weighted by molar-refractivity contribution is 0.603. The van der Waals surface area contributed by atoms with Gasteiger partial charge in [-0.25, -0.2) is 0 Å². The number of rotatable bonds is 10. The molecule has 18 heavy (non-hydrogen) atoms. The maximum Gasteiger partial charge on any atom is 0.0178 e. The van der Waals surface area contributed by atoms with Gasteiger partial charge in [0.05, 0.1) is 0 Å². The largest absolute Gasteiger partial charge is 0.326 e. The van der Waals surface area contributed by atoms with E-state index in [1.807, 2.05) is 11.8 Å². The molecule has 0 saturated carbocycles. The van der Waals surface area contributed by atoms with Gasteiger partial charge in [0, 0.05) is 11.4 Å². The summed E-state index contributed by atoms with van der Waals surface area (Å²) in [5.74, 6) is 1.24. The third-order valence-electron chi connectivity index (χ3n) is 3.15. The SMILES string of the molecule is CCCCCCCCCSc1cccc(CN)c1. The van der Waals surface area contributed by atoms with Gasteiger partial charge in [0.15, 0.2) is 0 Å². The van der Waals surface area contributed by atoms with Crippen molar-refractivity contribution < 1.29 is 0 Å². The van der Waals surface area contributed by atoms with E-state index in [0.29, 0.717) is 6.54 Å². The van der Waals surface area contributed by atoms with Gasteiger partial charge in [0.1, 0.15) is 0 Å². The van der Waals surface area contributed by atoms with Crippen LogP contribution in [-0.2, 0) is 6.54 Å². The van der Waals surface area contributed by atoms with Crippen molar-refractivity contribution in [2.45, 2.75) is 63.3 Å². The first-order chi connectivity index (χ1) is 8.86. The Kier molecular flexibility index (Phi) is 9.05. The Balaban J connectivity index is 2.03. The summed E-state index contributed by atoms with van der Waals surface area (Å²) in [5, 5.41) is 0. The standard InChI is InChI=1S/C16H27NS/c1-2-3-4-5-6-7-8-12-18-16-11-9-10-15(13-16)14-17/h9-11,13H,2-8,12,14,17H2,1H3. The van der Waals surface area contributed by atoms with Crippen LogP contribution in [0, 0.1) is 0 Å². The zero-order valence-corrected chi connectivity index (χ0v) is 12.5. The van der Waals surface area contributed by atoms with Crippen molar-refractivity contribution in [1.29, 1.82) is 0 Å². The molecule has 0 spiro atoms. The summed E-state index contributed by atoms with van der Waals surface area (Å²) in [6, 6.07) is 8.60. The summed E-state index contributed by atoms with van der Waals surface area (Å²) in [6.07, 6.45) is 9.71. The molecule has 2 heteroatoms. The molecule has 1 aromatic rings. The minimum absolute atomic E-state index is 0.645. The molecule has 0 unspecified atom stereocenters. The molecule has 0 atom stereocenters. The molecule has 0 radical (unpaired) electrons. The highest BCUT2D eigenvalue weighted by Crippen LogP contribution is 2.21. The van der Waals surface area contributed by atoms with Crippen LogP contribution in [0.1, 0.15) is 57.4 Å². The van der Waals surface area contributed by atoms with Crippen LogP contribution in [0.25, 0.3) is 0 Å². The van der Waals surface area contributed by atoms with Crippen molar-refractivity contribution in [2.24, 2.45) is 5.73 Å². The number of nitrogens with two attached hydrogens (primary N) is 1. The number of hydrogen-bond acceptors (Lipinski definition) is 2. The molecule has 0 amide bonds. The first kappa shape index (κ1) is 15.6. The Morgan fingerprint density at radius 3 is 2.44 bits per heavy atom. The Labute approximate surface area is 117 Å². The van der Waals surface area contributed by atoms with Crippen molar-refractivity contribution in [3.05, 3.63) is 29.8 Å². The molecular weight excluding hydrogens is 238 g/mol. The van der Waals surface area contributed by atoms with E-state index in [4.69, 9.17) is 5.73 Å². The summed E-state index contributed by atoms with van der Waals surface area (Å²) in [4.78, 5) is 1.36. The van der Waals surface area contributed by atoms with Gasteiger partial charge in [-0.3, -0.25) is 0 Å². The van der Waals surface area contributed by atoms with E-state index in [-0.39, 0.29) is 0 Å². The normalized spacial score (nSPS) is 10.8. The van der Waals surface area contributed by atoms with Crippen LogP contribution in [0.5, 0.6) is 0 Å². The molecule has 2 N–H and O–H groups in total. The monoisotopic (exact) mass is 265 g/mol. The fraction of sp³-hybridized carbons (Fsp3) is 0.625. The Hall–Kier alpha value is -0.470. The molecule has 1 rings (SSSR count). The molecule has 0 aliphatic rings. The Bertz CT molecular complexity index is 312. The van der Waals surface area contributed by atoms with E-state index in [1.165, 1.54) is 61.2 Å². The maximum absolute atomic E-state index is 5.64. The zero-order valence-electron chi connectivity index (χ0n) is 11.7.